The molecule has 0 aromatic heterocycles. The fourth-order valence-corrected chi connectivity index (χ4v) is 3.61. The van der Waals surface area contributed by atoms with Crippen molar-refractivity contribution < 1.29 is 18.6 Å². The molecule has 1 saturated heterocycles. The molecule has 1 aromatic rings. The Morgan fingerprint density at radius 1 is 1.20 bits per heavy atom. The summed E-state index contributed by atoms with van der Waals surface area (Å²) >= 11 is 0. The number of hydrogen-bond acceptors (Lipinski definition) is 5. The molecule has 6 nitrogen and oxygen atoms in total. The van der Waals surface area contributed by atoms with Crippen LogP contribution in [0.3, 0.4) is 0 Å². The number of nitrogens with zero attached hydrogens (tertiary/aromatic N) is 1. The van der Waals surface area contributed by atoms with Crippen molar-refractivity contribution in [2.75, 3.05) is 19.6 Å². The SMILES string of the molecule is CCNCc1ccc(S(=O)(=O)N2CC(O)C(O)C2)cc1. The molecular formula is C13H20N2O4S. The van der Waals surface area contributed by atoms with Crippen LogP contribution in [0.15, 0.2) is 29.2 Å². The van der Waals surface area contributed by atoms with E-state index in [1.165, 1.54) is 0 Å². The summed E-state index contributed by atoms with van der Waals surface area (Å²) in [6, 6.07) is 6.63. The smallest absolute Gasteiger partial charge is 0.243 e. The van der Waals surface area contributed by atoms with Gasteiger partial charge in [0.2, 0.25) is 10.0 Å². The molecular weight excluding hydrogens is 280 g/mol. The van der Waals surface area contributed by atoms with Gasteiger partial charge in [-0.05, 0) is 24.2 Å². The third-order valence-corrected chi connectivity index (χ3v) is 5.21. The summed E-state index contributed by atoms with van der Waals surface area (Å²) in [5, 5.41) is 22.1. The first kappa shape index (κ1) is 15.4. The number of nitrogens with one attached hydrogen (secondary N) is 1. The topological polar surface area (TPSA) is 89.9 Å². The van der Waals surface area contributed by atoms with Crippen LogP contribution in [0.1, 0.15) is 12.5 Å². The first-order valence-electron chi connectivity index (χ1n) is 6.61. The molecule has 20 heavy (non-hydrogen) atoms. The minimum Gasteiger partial charge on any atom is -0.389 e. The Labute approximate surface area is 119 Å². The fourth-order valence-electron chi connectivity index (χ4n) is 2.13. The molecule has 0 aliphatic carbocycles. The molecule has 0 amide bonds. The Kier molecular flexibility index (Phi) is 4.77. The number of aliphatic hydroxyl groups excluding tert-OH is 2. The minimum absolute atomic E-state index is 0.0668. The Balaban J connectivity index is 2.14. The third-order valence-electron chi connectivity index (χ3n) is 3.37. The molecule has 1 aromatic carbocycles. The Hall–Kier alpha value is -0.990. The van der Waals surface area contributed by atoms with E-state index in [4.69, 9.17) is 0 Å². The normalized spacial score (nSPS) is 24.1. The number of β-amino-alcohol motifs (C(OH)–C–C–N with tert-alkyl or cyclic N) is 2. The number of sulfonamides is 1. The van der Waals surface area contributed by atoms with Gasteiger partial charge in [-0.25, -0.2) is 8.42 Å². The van der Waals surface area contributed by atoms with E-state index in [9.17, 15) is 18.6 Å². The first-order chi connectivity index (χ1) is 9.45. The Bertz CT molecular complexity index is 534. The summed E-state index contributed by atoms with van der Waals surface area (Å²) in [6.45, 7) is 3.41. The highest BCUT2D eigenvalue weighted by molar-refractivity contribution is 7.89. The lowest BCUT2D eigenvalue weighted by Crippen LogP contribution is -2.30. The molecule has 0 bridgehead atoms. The van der Waals surface area contributed by atoms with Crippen molar-refractivity contribution in [2.24, 2.45) is 0 Å². The van der Waals surface area contributed by atoms with Crippen molar-refractivity contribution in [3.05, 3.63) is 29.8 Å². The minimum atomic E-state index is -3.65. The molecule has 7 heteroatoms. The lowest BCUT2D eigenvalue weighted by molar-refractivity contribution is 0.0572. The summed E-state index contributed by atoms with van der Waals surface area (Å²) in [5.41, 5.74) is 1.01. The van der Waals surface area contributed by atoms with Gasteiger partial charge >= 0.3 is 0 Å². The van der Waals surface area contributed by atoms with E-state index >= 15 is 0 Å². The van der Waals surface area contributed by atoms with Crippen LogP contribution < -0.4 is 5.32 Å². The first-order valence-corrected chi connectivity index (χ1v) is 8.05. The second-order valence-corrected chi connectivity index (χ2v) is 6.82. The molecule has 1 aliphatic heterocycles. The quantitative estimate of drug-likeness (QED) is 0.683. The van der Waals surface area contributed by atoms with Crippen LogP contribution in [0.5, 0.6) is 0 Å². The predicted molar refractivity (Wildman–Crippen MR) is 74.6 cm³/mol. The van der Waals surface area contributed by atoms with Crippen molar-refractivity contribution in [1.29, 1.82) is 0 Å². The maximum atomic E-state index is 12.3. The van der Waals surface area contributed by atoms with E-state index in [1.54, 1.807) is 24.3 Å². The molecule has 0 saturated carbocycles. The van der Waals surface area contributed by atoms with Crippen molar-refractivity contribution in [2.45, 2.75) is 30.6 Å². The van der Waals surface area contributed by atoms with Crippen LogP contribution in [0.4, 0.5) is 0 Å². The largest absolute Gasteiger partial charge is 0.389 e. The van der Waals surface area contributed by atoms with E-state index in [0.717, 1.165) is 16.4 Å². The van der Waals surface area contributed by atoms with E-state index < -0.39 is 22.2 Å². The summed E-state index contributed by atoms with van der Waals surface area (Å²) in [4.78, 5) is 0.180. The summed E-state index contributed by atoms with van der Waals surface area (Å²) in [7, 11) is -3.65. The maximum Gasteiger partial charge on any atom is 0.243 e. The van der Waals surface area contributed by atoms with E-state index in [-0.39, 0.29) is 18.0 Å². The standard InChI is InChI=1S/C13H20N2O4S/c1-2-14-7-10-3-5-11(6-4-10)20(18,19)15-8-12(16)13(17)9-15/h3-6,12-14,16-17H,2,7-9H2,1H3. The van der Waals surface area contributed by atoms with Gasteiger partial charge in [-0.2, -0.15) is 4.31 Å². The zero-order valence-corrected chi connectivity index (χ0v) is 12.2. The molecule has 1 aliphatic rings. The average Bonchev–Trinajstić information content (AvgIpc) is 2.77. The van der Waals surface area contributed by atoms with Crippen LogP contribution >= 0.6 is 0 Å². The molecule has 0 radical (unpaired) electrons. The van der Waals surface area contributed by atoms with Gasteiger partial charge in [-0.3, -0.25) is 0 Å². The van der Waals surface area contributed by atoms with Crippen molar-refractivity contribution in [1.82, 2.24) is 9.62 Å². The van der Waals surface area contributed by atoms with Crippen molar-refractivity contribution in [3.8, 4) is 0 Å². The van der Waals surface area contributed by atoms with Gasteiger partial charge in [0.15, 0.2) is 0 Å². The maximum absolute atomic E-state index is 12.3. The molecule has 112 valence electrons. The van der Waals surface area contributed by atoms with Crippen molar-refractivity contribution >= 4 is 10.0 Å². The zero-order chi connectivity index (χ0) is 14.8. The molecule has 2 unspecified atom stereocenters. The number of benzene rings is 1. The Morgan fingerprint density at radius 2 is 1.75 bits per heavy atom. The van der Waals surface area contributed by atoms with Crippen LogP contribution in [-0.2, 0) is 16.6 Å². The summed E-state index contributed by atoms with van der Waals surface area (Å²) in [5.74, 6) is 0. The molecule has 0 spiro atoms. The second kappa shape index (κ2) is 6.19. The van der Waals surface area contributed by atoms with Gasteiger partial charge in [0.05, 0.1) is 17.1 Å². The highest BCUT2D eigenvalue weighted by atomic mass is 32.2. The van der Waals surface area contributed by atoms with E-state index in [2.05, 4.69) is 5.32 Å². The van der Waals surface area contributed by atoms with Gasteiger partial charge in [0.1, 0.15) is 0 Å². The average molecular weight is 300 g/mol. The summed E-state index contributed by atoms with van der Waals surface area (Å²) in [6.07, 6.45) is -2.03. The van der Waals surface area contributed by atoms with Crippen molar-refractivity contribution in [3.63, 3.8) is 0 Å². The molecule has 2 atom stereocenters. The van der Waals surface area contributed by atoms with Crippen LogP contribution in [0, 0.1) is 0 Å². The van der Waals surface area contributed by atoms with Gasteiger partial charge in [0.25, 0.3) is 0 Å². The lowest BCUT2D eigenvalue weighted by atomic mass is 10.2. The Morgan fingerprint density at radius 3 is 2.25 bits per heavy atom. The van der Waals surface area contributed by atoms with Gasteiger partial charge in [-0.1, -0.05) is 19.1 Å². The van der Waals surface area contributed by atoms with Gasteiger partial charge < -0.3 is 15.5 Å². The summed E-state index contributed by atoms with van der Waals surface area (Å²) < 4.78 is 25.8. The second-order valence-electron chi connectivity index (χ2n) is 4.88. The number of rotatable bonds is 5. The fraction of sp³-hybridized carbons (Fsp3) is 0.538. The highest BCUT2D eigenvalue weighted by Crippen LogP contribution is 2.21. The molecule has 2 rings (SSSR count). The number of aliphatic hydroxyl groups is 2. The monoisotopic (exact) mass is 300 g/mol. The molecule has 1 heterocycles. The van der Waals surface area contributed by atoms with Gasteiger partial charge in [-0.15, -0.1) is 0 Å². The van der Waals surface area contributed by atoms with Crippen LogP contribution in [0.25, 0.3) is 0 Å². The highest BCUT2D eigenvalue weighted by Gasteiger charge is 2.37. The van der Waals surface area contributed by atoms with E-state index in [0.29, 0.717) is 6.54 Å². The zero-order valence-electron chi connectivity index (χ0n) is 11.4. The van der Waals surface area contributed by atoms with Gasteiger partial charge in [0, 0.05) is 19.6 Å². The third kappa shape index (κ3) is 3.18. The lowest BCUT2D eigenvalue weighted by Gasteiger charge is -2.15. The number of hydrogen-bond donors (Lipinski definition) is 3. The van der Waals surface area contributed by atoms with Crippen LogP contribution in [-0.4, -0.2) is 54.8 Å². The predicted octanol–water partition coefficient (Wildman–Crippen LogP) is -0.478. The van der Waals surface area contributed by atoms with E-state index in [1.807, 2.05) is 6.92 Å². The molecule has 3 N–H and O–H groups in total. The van der Waals surface area contributed by atoms with Crippen LogP contribution in [0.2, 0.25) is 0 Å². The molecule has 1 fully saturated rings.